The molecule has 0 aromatic rings. The molecule has 1 heterocycles. The monoisotopic (exact) mass is 270 g/mol. The van der Waals surface area contributed by atoms with Crippen LogP contribution in [0.2, 0.25) is 0 Å². The highest BCUT2D eigenvalue weighted by atomic mass is 16.2. The molecule has 6 heteroatoms. The van der Waals surface area contributed by atoms with Gasteiger partial charge in [-0.05, 0) is 12.8 Å². The lowest BCUT2D eigenvalue weighted by molar-refractivity contribution is -0.124. The standard InChI is InChI=1S/C13H26N4O2/c1-9(2)6-17-12(18)4-5-14-13(19)11-8-15-10(3)7-16-11/h9-11,15-16H,4-8H2,1-3H3,(H,14,19)(H,17,18). The second-order valence-corrected chi connectivity index (χ2v) is 5.51. The van der Waals surface area contributed by atoms with Crippen LogP contribution in [0.5, 0.6) is 0 Å². The van der Waals surface area contributed by atoms with E-state index in [-0.39, 0.29) is 17.9 Å². The quantitative estimate of drug-likeness (QED) is 0.510. The van der Waals surface area contributed by atoms with Crippen LogP contribution in [0.25, 0.3) is 0 Å². The van der Waals surface area contributed by atoms with E-state index in [1.54, 1.807) is 0 Å². The number of hydrogen-bond donors (Lipinski definition) is 4. The second-order valence-electron chi connectivity index (χ2n) is 5.51. The fourth-order valence-corrected chi connectivity index (χ4v) is 1.80. The minimum Gasteiger partial charge on any atom is -0.356 e. The maximum absolute atomic E-state index is 11.8. The van der Waals surface area contributed by atoms with Crippen LogP contribution in [0.15, 0.2) is 0 Å². The van der Waals surface area contributed by atoms with E-state index < -0.39 is 0 Å². The first-order chi connectivity index (χ1) is 8.99. The largest absolute Gasteiger partial charge is 0.356 e. The summed E-state index contributed by atoms with van der Waals surface area (Å²) < 4.78 is 0. The molecular weight excluding hydrogens is 244 g/mol. The third kappa shape index (κ3) is 6.54. The summed E-state index contributed by atoms with van der Waals surface area (Å²) in [7, 11) is 0. The molecule has 1 aliphatic heterocycles. The van der Waals surface area contributed by atoms with Gasteiger partial charge >= 0.3 is 0 Å². The van der Waals surface area contributed by atoms with Crippen molar-refractivity contribution in [1.29, 1.82) is 0 Å². The average Bonchev–Trinajstić information content (AvgIpc) is 2.37. The maximum atomic E-state index is 11.8. The lowest BCUT2D eigenvalue weighted by atomic mass is 10.1. The Morgan fingerprint density at radius 1 is 1.21 bits per heavy atom. The van der Waals surface area contributed by atoms with Crippen molar-refractivity contribution < 1.29 is 9.59 Å². The summed E-state index contributed by atoms with van der Waals surface area (Å²) in [6.07, 6.45) is 0.328. The average molecular weight is 270 g/mol. The van der Waals surface area contributed by atoms with Gasteiger partial charge in [-0.1, -0.05) is 13.8 Å². The van der Waals surface area contributed by atoms with Gasteiger partial charge in [-0.15, -0.1) is 0 Å². The molecule has 1 fully saturated rings. The van der Waals surface area contributed by atoms with Crippen molar-refractivity contribution in [3.63, 3.8) is 0 Å². The summed E-state index contributed by atoms with van der Waals surface area (Å²) in [6.45, 7) is 8.64. The molecule has 1 rings (SSSR count). The Labute approximate surface area is 115 Å². The summed E-state index contributed by atoms with van der Waals surface area (Å²) in [5, 5.41) is 12.0. The fourth-order valence-electron chi connectivity index (χ4n) is 1.80. The van der Waals surface area contributed by atoms with Gasteiger partial charge in [0.25, 0.3) is 0 Å². The Morgan fingerprint density at radius 3 is 2.53 bits per heavy atom. The molecule has 19 heavy (non-hydrogen) atoms. The summed E-state index contributed by atoms with van der Waals surface area (Å²) in [5.74, 6) is 0.381. The zero-order valence-corrected chi connectivity index (χ0v) is 12.1. The van der Waals surface area contributed by atoms with Crippen LogP contribution in [0.1, 0.15) is 27.2 Å². The number of carbonyl (C=O) groups excluding carboxylic acids is 2. The normalized spacial score (nSPS) is 23.2. The zero-order chi connectivity index (χ0) is 14.3. The van der Waals surface area contributed by atoms with Gasteiger partial charge in [-0.3, -0.25) is 9.59 Å². The third-order valence-corrected chi connectivity index (χ3v) is 3.02. The van der Waals surface area contributed by atoms with Crippen molar-refractivity contribution in [2.75, 3.05) is 26.2 Å². The second kappa shape index (κ2) is 8.12. The molecule has 4 N–H and O–H groups in total. The van der Waals surface area contributed by atoms with Crippen molar-refractivity contribution >= 4 is 11.8 Å². The van der Waals surface area contributed by atoms with Crippen molar-refractivity contribution in [1.82, 2.24) is 21.3 Å². The van der Waals surface area contributed by atoms with E-state index in [4.69, 9.17) is 0 Å². The Kier molecular flexibility index (Phi) is 6.80. The van der Waals surface area contributed by atoms with Crippen LogP contribution < -0.4 is 21.3 Å². The van der Waals surface area contributed by atoms with Gasteiger partial charge < -0.3 is 21.3 Å². The number of rotatable bonds is 6. The fraction of sp³-hybridized carbons (Fsp3) is 0.846. The minimum absolute atomic E-state index is 0.0163. The predicted molar refractivity (Wildman–Crippen MR) is 74.7 cm³/mol. The van der Waals surface area contributed by atoms with Gasteiger partial charge in [0.05, 0.1) is 6.04 Å². The van der Waals surface area contributed by atoms with E-state index in [0.717, 1.165) is 6.54 Å². The SMILES string of the molecule is CC(C)CNC(=O)CCNC(=O)C1CNC(C)CN1. The van der Waals surface area contributed by atoms with Gasteiger partial charge in [0.15, 0.2) is 0 Å². The molecule has 110 valence electrons. The van der Waals surface area contributed by atoms with Gasteiger partial charge in [0, 0.05) is 38.6 Å². The lowest BCUT2D eigenvalue weighted by Gasteiger charge is -2.28. The summed E-state index contributed by atoms with van der Waals surface area (Å²) in [6, 6.07) is 0.195. The van der Waals surface area contributed by atoms with E-state index in [9.17, 15) is 9.59 Å². The summed E-state index contributed by atoms with van der Waals surface area (Å²) >= 11 is 0. The number of nitrogens with one attached hydrogen (secondary N) is 4. The molecule has 0 aromatic heterocycles. The molecular formula is C13H26N4O2. The summed E-state index contributed by atoms with van der Waals surface area (Å²) in [5.41, 5.74) is 0. The van der Waals surface area contributed by atoms with E-state index in [0.29, 0.717) is 38.0 Å². The van der Waals surface area contributed by atoms with Crippen LogP contribution in [0.4, 0.5) is 0 Å². The smallest absolute Gasteiger partial charge is 0.238 e. The van der Waals surface area contributed by atoms with Gasteiger partial charge in [0.1, 0.15) is 0 Å². The third-order valence-electron chi connectivity index (χ3n) is 3.02. The Hall–Kier alpha value is -1.14. The molecule has 0 spiro atoms. The van der Waals surface area contributed by atoms with Crippen molar-refractivity contribution in [2.24, 2.45) is 5.92 Å². The molecule has 1 aliphatic rings. The Morgan fingerprint density at radius 2 is 1.95 bits per heavy atom. The highest BCUT2D eigenvalue weighted by molar-refractivity contribution is 5.83. The first-order valence-corrected chi connectivity index (χ1v) is 7.00. The molecule has 0 aliphatic carbocycles. The van der Waals surface area contributed by atoms with Gasteiger partial charge in [0.2, 0.25) is 11.8 Å². The predicted octanol–water partition coefficient (Wildman–Crippen LogP) is -0.785. The number of hydrogen-bond acceptors (Lipinski definition) is 4. The van der Waals surface area contributed by atoms with Gasteiger partial charge in [-0.25, -0.2) is 0 Å². The van der Waals surface area contributed by atoms with Crippen LogP contribution in [0.3, 0.4) is 0 Å². The van der Waals surface area contributed by atoms with Crippen molar-refractivity contribution in [3.8, 4) is 0 Å². The molecule has 1 saturated heterocycles. The molecule has 0 saturated carbocycles. The van der Waals surface area contributed by atoms with Gasteiger partial charge in [-0.2, -0.15) is 0 Å². The summed E-state index contributed by atoms with van der Waals surface area (Å²) in [4.78, 5) is 23.3. The number of piperazine rings is 1. The zero-order valence-electron chi connectivity index (χ0n) is 12.1. The minimum atomic E-state index is -0.199. The van der Waals surface area contributed by atoms with E-state index in [1.807, 2.05) is 13.8 Å². The van der Waals surface area contributed by atoms with Crippen LogP contribution in [-0.4, -0.2) is 50.1 Å². The topological polar surface area (TPSA) is 82.3 Å². The molecule has 0 bridgehead atoms. The van der Waals surface area contributed by atoms with E-state index >= 15 is 0 Å². The molecule has 0 aromatic carbocycles. The van der Waals surface area contributed by atoms with Crippen LogP contribution in [0, 0.1) is 5.92 Å². The molecule has 2 unspecified atom stereocenters. The highest BCUT2D eigenvalue weighted by Crippen LogP contribution is 1.93. The number of amides is 2. The first kappa shape index (κ1) is 15.9. The molecule has 2 atom stereocenters. The van der Waals surface area contributed by atoms with E-state index in [2.05, 4.69) is 28.2 Å². The lowest BCUT2D eigenvalue weighted by Crippen LogP contribution is -2.59. The highest BCUT2D eigenvalue weighted by Gasteiger charge is 2.22. The first-order valence-electron chi connectivity index (χ1n) is 7.00. The maximum Gasteiger partial charge on any atom is 0.238 e. The van der Waals surface area contributed by atoms with Crippen molar-refractivity contribution in [2.45, 2.75) is 39.3 Å². The molecule has 6 nitrogen and oxygen atoms in total. The number of carbonyl (C=O) groups is 2. The van der Waals surface area contributed by atoms with Crippen molar-refractivity contribution in [3.05, 3.63) is 0 Å². The molecule has 0 radical (unpaired) electrons. The van der Waals surface area contributed by atoms with Crippen LogP contribution >= 0.6 is 0 Å². The Balaban J connectivity index is 2.11. The van der Waals surface area contributed by atoms with Crippen LogP contribution in [-0.2, 0) is 9.59 Å². The molecule has 2 amide bonds. The Bertz CT molecular complexity index is 299. The van der Waals surface area contributed by atoms with E-state index in [1.165, 1.54) is 0 Å².